The maximum Gasteiger partial charge on any atom is 0.273 e. The highest BCUT2D eigenvalue weighted by Crippen LogP contribution is 2.31. The fourth-order valence-electron chi connectivity index (χ4n) is 5.02. The van der Waals surface area contributed by atoms with Gasteiger partial charge < -0.3 is 15.4 Å². The fourth-order valence-corrected chi connectivity index (χ4v) is 5.42. The zero-order chi connectivity index (χ0) is 28.9. The van der Waals surface area contributed by atoms with E-state index < -0.39 is 0 Å². The Hall–Kier alpha value is -3.19. The molecule has 3 N–H and O–H groups in total. The number of rotatable bonds is 17. The maximum atomic E-state index is 12.8. The first-order valence-corrected chi connectivity index (χ1v) is 15.0. The van der Waals surface area contributed by atoms with Crippen molar-refractivity contribution >= 4 is 34.7 Å². The molecule has 0 aliphatic rings. The Bertz CT molecular complexity index is 1270. The van der Waals surface area contributed by atoms with E-state index in [0.717, 1.165) is 24.0 Å². The molecule has 0 fully saturated rings. The van der Waals surface area contributed by atoms with Gasteiger partial charge in [-0.15, -0.1) is 0 Å². The van der Waals surface area contributed by atoms with Crippen molar-refractivity contribution in [1.29, 1.82) is 0 Å². The molecule has 0 bridgehead atoms. The third-order valence-corrected chi connectivity index (χ3v) is 7.39. The van der Waals surface area contributed by atoms with Crippen LogP contribution >= 0.6 is 11.6 Å². The number of anilines is 3. The number of nitrogens with one attached hydrogen (secondary N) is 3. The average Bonchev–Trinajstić information content (AvgIpc) is 3.26. The van der Waals surface area contributed by atoms with Gasteiger partial charge in [-0.2, -0.15) is 0 Å². The van der Waals surface area contributed by atoms with Crippen LogP contribution in [0, 0.1) is 13.8 Å². The van der Waals surface area contributed by atoms with Crippen molar-refractivity contribution in [2.45, 2.75) is 97.8 Å². The van der Waals surface area contributed by atoms with E-state index in [9.17, 15) is 9.59 Å². The first-order valence-electron chi connectivity index (χ1n) is 14.7. The van der Waals surface area contributed by atoms with Gasteiger partial charge in [-0.25, -0.2) is 4.68 Å². The van der Waals surface area contributed by atoms with Crippen LogP contribution in [-0.4, -0.2) is 22.8 Å². The second-order valence-electron chi connectivity index (χ2n) is 10.6. The van der Waals surface area contributed by atoms with E-state index >= 15 is 0 Å². The monoisotopic (exact) mass is 568 g/mol. The van der Waals surface area contributed by atoms with Gasteiger partial charge >= 0.3 is 0 Å². The van der Waals surface area contributed by atoms with Crippen molar-refractivity contribution < 1.29 is 9.53 Å². The zero-order valence-electron chi connectivity index (χ0n) is 24.5. The summed E-state index contributed by atoms with van der Waals surface area (Å²) < 4.78 is 6.92. The summed E-state index contributed by atoms with van der Waals surface area (Å²) in [6.45, 7) is 6.13. The number of hydrogen-bond acceptors (Lipinski definition) is 4. The van der Waals surface area contributed by atoms with E-state index in [1.807, 2.05) is 32.0 Å². The zero-order valence-corrected chi connectivity index (χ0v) is 25.3. The summed E-state index contributed by atoms with van der Waals surface area (Å²) in [6.07, 6.45) is 14.3. The lowest BCUT2D eigenvalue weighted by molar-refractivity contribution is -0.116. The smallest absolute Gasteiger partial charge is 0.273 e. The number of carbonyl (C=O) groups is 1. The van der Waals surface area contributed by atoms with Gasteiger partial charge in [0.05, 0.1) is 23.5 Å². The summed E-state index contributed by atoms with van der Waals surface area (Å²) in [4.78, 5) is 25.3. The number of aromatic nitrogens is 2. The predicted octanol–water partition coefficient (Wildman–Crippen LogP) is 8.83. The molecule has 0 saturated heterocycles. The quantitative estimate of drug-likeness (QED) is 0.142. The molecule has 0 spiro atoms. The van der Waals surface area contributed by atoms with Crippen molar-refractivity contribution in [1.82, 2.24) is 9.78 Å². The highest BCUT2D eigenvalue weighted by atomic mass is 35.5. The van der Waals surface area contributed by atoms with Crippen molar-refractivity contribution in [3.8, 4) is 11.4 Å². The molecule has 1 aromatic heterocycles. The minimum absolute atomic E-state index is 0.00362. The Morgan fingerprint density at radius 2 is 1.57 bits per heavy atom. The maximum absolute atomic E-state index is 12.8. The molecule has 7 nitrogen and oxygen atoms in total. The van der Waals surface area contributed by atoms with Crippen LogP contribution in [0.15, 0.2) is 41.2 Å². The lowest BCUT2D eigenvalue weighted by atomic mass is 10.1. The molecule has 1 heterocycles. The number of halogens is 1. The number of nitrogens with zero attached hydrogens (tertiary/aromatic N) is 1. The molecule has 8 heteroatoms. The molecule has 3 rings (SSSR count). The number of aryl methyl sites for hydroxylation is 2. The van der Waals surface area contributed by atoms with E-state index in [1.54, 1.807) is 19.2 Å². The molecule has 0 unspecified atom stereocenters. The van der Waals surface area contributed by atoms with Gasteiger partial charge in [0.25, 0.3) is 5.56 Å². The van der Waals surface area contributed by atoms with Crippen molar-refractivity contribution in [2.24, 2.45) is 0 Å². The Labute approximate surface area is 243 Å². The molecule has 0 aliphatic heterocycles. The summed E-state index contributed by atoms with van der Waals surface area (Å²) in [5, 5.41) is 9.78. The molecule has 40 heavy (non-hydrogen) atoms. The number of aromatic amines is 1. The minimum Gasteiger partial charge on any atom is -0.495 e. The third kappa shape index (κ3) is 9.47. The van der Waals surface area contributed by atoms with E-state index in [4.69, 9.17) is 16.3 Å². The second-order valence-corrected chi connectivity index (χ2v) is 11.0. The normalized spacial score (nSPS) is 11.0. The van der Waals surface area contributed by atoms with Gasteiger partial charge in [0.1, 0.15) is 11.6 Å². The second kappa shape index (κ2) is 16.2. The standard InChI is InChI=1S/C32H45ClN4O3/c1-5-6-7-8-9-10-11-12-13-14-15-16-30(38)34-25-17-18-28(40-4)27(21-25)35-29-22-31(39)37(36-29)32-24(3)19-23(2)20-26(32)33/h17-22,35-36H,5-16H2,1-4H3,(H,34,38). The molecular weight excluding hydrogens is 524 g/mol. The number of unbranched alkanes of at least 4 members (excludes halogenated alkanes) is 10. The van der Waals surface area contributed by atoms with Crippen molar-refractivity contribution in [3.05, 3.63) is 62.9 Å². The Balaban J connectivity index is 1.52. The largest absolute Gasteiger partial charge is 0.495 e. The minimum atomic E-state index is -0.244. The lowest BCUT2D eigenvalue weighted by Crippen LogP contribution is -2.15. The van der Waals surface area contributed by atoms with Gasteiger partial charge in [0.2, 0.25) is 5.91 Å². The van der Waals surface area contributed by atoms with Crippen LogP contribution in [-0.2, 0) is 4.79 Å². The number of carbonyl (C=O) groups excluding carboxylic acids is 1. The molecule has 3 aromatic rings. The van der Waals surface area contributed by atoms with Crippen LogP contribution in [0.25, 0.3) is 5.69 Å². The van der Waals surface area contributed by atoms with Gasteiger partial charge in [0.15, 0.2) is 0 Å². The Morgan fingerprint density at radius 1 is 0.925 bits per heavy atom. The van der Waals surface area contributed by atoms with E-state index in [-0.39, 0.29) is 11.5 Å². The van der Waals surface area contributed by atoms with Crippen molar-refractivity contribution in [3.63, 3.8) is 0 Å². The highest BCUT2D eigenvalue weighted by Gasteiger charge is 2.14. The van der Waals surface area contributed by atoms with Gasteiger partial charge in [-0.3, -0.25) is 14.7 Å². The molecule has 0 aliphatic carbocycles. The van der Waals surface area contributed by atoms with Gasteiger partial charge in [-0.1, -0.05) is 88.8 Å². The van der Waals surface area contributed by atoms with Gasteiger partial charge in [-0.05, 0) is 55.7 Å². The van der Waals surface area contributed by atoms with E-state index in [0.29, 0.717) is 40.1 Å². The highest BCUT2D eigenvalue weighted by molar-refractivity contribution is 6.32. The SMILES string of the molecule is CCCCCCCCCCCCCC(=O)Nc1ccc(OC)c(Nc2cc(=O)n(-c3c(C)cc(C)cc3Cl)[nH]2)c1. The van der Waals surface area contributed by atoms with Crippen LogP contribution in [0.2, 0.25) is 5.02 Å². The van der Waals surface area contributed by atoms with Crippen LogP contribution in [0.4, 0.5) is 17.2 Å². The number of amides is 1. The molecule has 0 atom stereocenters. The van der Waals surface area contributed by atoms with Crippen molar-refractivity contribution in [2.75, 3.05) is 17.7 Å². The third-order valence-electron chi connectivity index (χ3n) is 7.10. The predicted molar refractivity (Wildman–Crippen MR) is 167 cm³/mol. The summed E-state index contributed by atoms with van der Waals surface area (Å²) in [7, 11) is 1.58. The van der Waals surface area contributed by atoms with Crippen LogP contribution in [0.3, 0.4) is 0 Å². The number of benzene rings is 2. The average molecular weight is 569 g/mol. The summed E-state index contributed by atoms with van der Waals surface area (Å²) >= 11 is 6.46. The van der Waals surface area contributed by atoms with Crippen LogP contribution in [0.5, 0.6) is 5.75 Å². The molecule has 2 aromatic carbocycles. The molecule has 218 valence electrons. The van der Waals surface area contributed by atoms with Gasteiger partial charge in [0, 0.05) is 18.2 Å². The fraction of sp³-hybridized carbons (Fsp3) is 0.500. The molecule has 0 saturated carbocycles. The Kier molecular flexibility index (Phi) is 12.7. The van der Waals surface area contributed by atoms with Crippen LogP contribution < -0.4 is 20.9 Å². The van der Waals surface area contributed by atoms with E-state index in [2.05, 4.69) is 22.7 Å². The van der Waals surface area contributed by atoms with Crippen LogP contribution in [0.1, 0.15) is 95.1 Å². The number of ether oxygens (including phenoxy) is 1. The lowest BCUT2D eigenvalue weighted by Gasteiger charge is -2.13. The summed E-state index contributed by atoms with van der Waals surface area (Å²) in [5.41, 5.74) is 3.56. The molecule has 1 amide bonds. The molecule has 0 radical (unpaired) electrons. The number of hydrogen-bond donors (Lipinski definition) is 3. The Morgan fingerprint density at radius 3 is 2.20 bits per heavy atom. The number of methoxy groups -OCH3 is 1. The first kappa shape index (κ1) is 31.3. The first-order chi connectivity index (χ1) is 19.3. The summed E-state index contributed by atoms with van der Waals surface area (Å²) in [5.74, 6) is 1.06. The van der Waals surface area contributed by atoms with E-state index in [1.165, 1.54) is 68.5 Å². The topological polar surface area (TPSA) is 88.2 Å². The summed E-state index contributed by atoms with van der Waals surface area (Å²) in [6, 6.07) is 10.7. The number of H-pyrrole nitrogens is 1. The molecular formula is C32H45ClN4O3.